The van der Waals surface area contributed by atoms with Crippen molar-refractivity contribution < 1.29 is 44.8 Å². The van der Waals surface area contributed by atoms with Gasteiger partial charge in [0.25, 0.3) is 0 Å². The summed E-state index contributed by atoms with van der Waals surface area (Å²) in [7, 11) is 0. The Hall–Kier alpha value is -1.05. The van der Waals surface area contributed by atoms with Crippen LogP contribution in [-0.4, -0.2) is 3.81 Å². The van der Waals surface area contributed by atoms with E-state index < -0.39 is 0 Å². The first-order chi connectivity index (χ1) is 14.1. The molecule has 0 nitrogen and oxygen atoms in total. The minimum atomic E-state index is 0. The van der Waals surface area contributed by atoms with E-state index in [1.807, 2.05) is 12.2 Å². The Morgan fingerprint density at radius 2 is 1.22 bits per heavy atom. The summed E-state index contributed by atoms with van der Waals surface area (Å²) in [5.41, 5.74) is 3.20. The van der Waals surface area contributed by atoms with Crippen LogP contribution in [0.2, 0.25) is 0 Å². The molecule has 0 amide bonds. The molecular formula is C29H34Cl2Ti-2. The molecule has 0 radical (unpaired) electrons. The average molecular weight is 501 g/mol. The maximum atomic E-state index is 2.99. The molecule has 0 bridgehead atoms. The summed E-state index contributed by atoms with van der Waals surface area (Å²) in [4.78, 5) is 0. The van der Waals surface area contributed by atoms with Crippen LogP contribution in [0.5, 0.6) is 0 Å². The minimum absolute atomic E-state index is 0. The Morgan fingerprint density at radius 3 is 1.47 bits per heavy atom. The number of allylic oxidation sites excluding steroid dienone is 4. The van der Waals surface area contributed by atoms with Gasteiger partial charge in [-0.05, 0) is 10.8 Å². The fraction of sp³-hybridized carbons (Fsp3) is 0.379. The number of hydrogen-bond acceptors (Lipinski definition) is 0. The van der Waals surface area contributed by atoms with E-state index in [0.29, 0.717) is 0 Å². The second kappa shape index (κ2) is 11.9. The molecule has 32 heavy (non-hydrogen) atoms. The number of fused-ring (bicyclic) bond motifs is 3. The van der Waals surface area contributed by atoms with Gasteiger partial charge in [0.15, 0.2) is 0 Å². The second-order valence-corrected chi connectivity index (χ2v) is 11.5. The topological polar surface area (TPSA) is 0 Å². The molecule has 0 N–H and O–H groups in total. The molecule has 5 rings (SSSR count). The van der Waals surface area contributed by atoms with Crippen LogP contribution in [0.15, 0.2) is 60.7 Å². The van der Waals surface area contributed by atoms with Gasteiger partial charge in [0.2, 0.25) is 0 Å². The van der Waals surface area contributed by atoms with Gasteiger partial charge < -0.3 is 24.8 Å². The summed E-state index contributed by atoms with van der Waals surface area (Å²) >= 11 is 2.19. The van der Waals surface area contributed by atoms with Crippen molar-refractivity contribution in [2.45, 2.75) is 71.6 Å². The molecule has 1 saturated carbocycles. The Labute approximate surface area is 218 Å². The Kier molecular flexibility index (Phi) is 10.8. The van der Waals surface area contributed by atoms with Crippen LogP contribution in [0.1, 0.15) is 71.9 Å². The zero-order valence-electron chi connectivity index (χ0n) is 20.2. The van der Waals surface area contributed by atoms with Crippen molar-refractivity contribution in [3.05, 3.63) is 77.9 Å². The molecule has 170 valence electrons. The van der Waals surface area contributed by atoms with Gasteiger partial charge in [-0.2, -0.15) is 6.08 Å². The molecular weight excluding hydrogens is 467 g/mol. The third kappa shape index (κ3) is 8.07. The predicted octanol–water partition coefficient (Wildman–Crippen LogP) is 2.12. The van der Waals surface area contributed by atoms with E-state index in [4.69, 9.17) is 0 Å². The number of rotatable bonds is 0. The molecule has 1 fully saturated rings. The standard InChI is InChI=1S/C21H25.C5H5.C3H4.2ClH.Ti/c1-20(2,3)16-9-7-14-11-15-8-10-17(21(4,5)6)13-19(15)18(14)12-16;1-2-4-5-3-1;1-2-3-1;;;/h7-13H,1-6H3;1-3H,4H2;1-2H2;2*1H;/q2*-1;;;;+2/p-2. The molecule has 3 aromatic carbocycles. The molecule has 3 aromatic rings. The summed E-state index contributed by atoms with van der Waals surface area (Å²) in [5, 5.41) is 5.49. The van der Waals surface area contributed by atoms with Crippen LogP contribution in [0, 0.1) is 6.08 Å². The van der Waals surface area contributed by atoms with E-state index in [-0.39, 0.29) is 35.6 Å². The van der Waals surface area contributed by atoms with E-state index in [1.165, 1.54) is 45.5 Å². The van der Waals surface area contributed by atoms with Crippen molar-refractivity contribution in [3.8, 4) is 0 Å². The monoisotopic (exact) mass is 500 g/mol. The van der Waals surface area contributed by atoms with Crippen molar-refractivity contribution in [2.24, 2.45) is 0 Å². The normalized spacial score (nSPS) is 14.2. The summed E-state index contributed by atoms with van der Waals surface area (Å²) in [6.07, 6.45) is 12.8. The fourth-order valence-corrected chi connectivity index (χ4v) is 3.53. The van der Waals surface area contributed by atoms with Crippen LogP contribution in [0.3, 0.4) is 0 Å². The summed E-state index contributed by atoms with van der Waals surface area (Å²) < 4.78 is 1.67. The molecule has 2 aliphatic rings. The molecule has 0 aromatic heterocycles. The summed E-state index contributed by atoms with van der Waals surface area (Å²) in [6.45, 7) is 13.7. The first-order valence-corrected chi connectivity index (χ1v) is 11.8. The van der Waals surface area contributed by atoms with Crippen LogP contribution >= 0.6 is 0 Å². The van der Waals surface area contributed by atoms with Crippen molar-refractivity contribution in [1.29, 1.82) is 0 Å². The third-order valence-corrected chi connectivity index (χ3v) is 6.31. The zero-order chi connectivity index (χ0) is 21.9. The predicted molar refractivity (Wildman–Crippen MR) is 130 cm³/mol. The van der Waals surface area contributed by atoms with Gasteiger partial charge >= 0.3 is 36.6 Å². The maximum absolute atomic E-state index is 2.99. The molecule has 0 spiro atoms. The molecule has 0 heterocycles. The van der Waals surface area contributed by atoms with Gasteiger partial charge in [0, 0.05) is 0 Å². The number of hydrogen-bond donors (Lipinski definition) is 0. The van der Waals surface area contributed by atoms with Gasteiger partial charge in [-0.1, -0.05) is 76.9 Å². The first-order valence-electron chi connectivity index (χ1n) is 11.0. The van der Waals surface area contributed by atoms with E-state index in [2.05, 4.69) is 116 Å². The van der Waals surface area contributed by atoms with Crippen molar-refractivity contribution >= 4 is 25.4 Å². The van der Waals surface area contributed by atoms with E-state index in [0.717, 1.165) is 6.42 Å². The third-order valence-electron chi connectivity index (χ3n) is 5.53. The quantitative estimate of drug-likeness (QED) is 0.327. The van der Waals surface area contributed by atoms with Gasteiger partial charge in [-0.25, -0.2) is 12.2 Å². The van der Waals surface area contributed by atoms with Crippen LogP contribution < -0.4 is 24.8 Å². The first kappa shape index (κ1) is 29.0. The second-order valence-electron chi connectivity index (χ2n) is 10.4. The van der Waals surface area contributed by atoms with Gasteiger partial charge in [0.05, 0.1) is 0 Å². The Bertz CT molecular complexity index is 1020. The number of halogens is 2. The van der Waals surface area contributed by atoms with Crippen molar-refractivity contribution in [1.82, 2.24) is 0 Å². The molecule has 0 atom stereocenters. The van der Waals surface area contributed by atoms with Crippen LogP contribution in [0.4, 0.5) is 0 Å². The fourth-order valence-electron chi connectivity index (χ4n) is 3.33. The van der Waals surface area contributed by atoms with Gasteiger partial charge in [0.1, 0.15) is 0 Å². The molecule has 3 heteroatoms. The van der Waals surface area contributed by atoms with E-state index in [9.17, 15) is 0 Å². The van der Waals surface area contributed by atoms with Crippen molar-refractivity contribution in [3.63, 3.8) is 0 Å². The molecule has 0 aliphatic heterocycles. The molecule has 2 aliphatic carbocycles. The van der Waals surface area contributed by atoms with Gasteiger partial charge in [-0.15, -0.1) is 46.2 Å². The Balaban J connectivity index is 0.000000387. The molecule has 0 unspecified atom stereocenters. The Morgan fingerprint density at radius 1 is 0.781 bits per heavy atom. The van der Waals surface area contributed by atoms with Gasteiger partial charge in [-0.3, -0.25) is 6.08 Å². The SMILES string of the molecule is CC(C)(C)c1ccc2[cH-]c3ccc(C(C)(C)C)cc3c2c1.[C-]1=CC=CC1.[Cl-].[Cl-].[Ti+2]=[C]1CC1. The summed E-state index contributed by atoms with van der Waals surface area (Å²) in [6, 6.07) is 16.1. The van der Waals surface area contributed by atoms with Crippen LogP contribution in [0.25, 0.3) is 21.5 Å². The molecule has 0 saturated heterocycles. The average Bonchev–Trinajstić information content (AvgIpc) is 3.15. The van der Waals surface area contributed by atoms with Crippen molar-refractivity contribution in [2.75, 3.05) is 0 Å². The number of benzene rings is 2. The summed E-state index contributed by atoms with van der Waals surface area (Å²) in [5.74, 6) is 0. The van der Waals surface area contributed by atoms with E-state index in [1.54, 1.807) is 3.81 Å². The zero-order valence-corrected chi connectivity index (χ0v) is 23.2. The van der Waals surface area contributed by atoms with E-state index >= 15 is 0 Å². The van der Waals surface area contributed by atoms with Crippen LogP contribution in [-0.2, 0) is 30.8 Å².